The van der Waals surface area contributed by atoms with Crippen molar-refractivity contribution in [3.8, 4) is 11.3 Å². The molecular formula is C22H19ClFN3O6S2. The number of carbonyl (C=O) groups excluding carboxylic acids is 2. The smallest absolute Gasteiger partial charge is 0.338 e. The van der Waals surface area contributed by atoms with Crippen LogP contribution in [0.5, 0.6) is 0 Å². The predicted octanol–water partition coefficient (Wildman–Crippen LogP) is 3.42. The lowest BCUT2D eigenvalue weighted by Crippen LogP contribution is -2.41. The molecule has 1 fully saturated rings. The van der Waals surface area contributed by atoms with Gasteiger partial charge in [-0.3, -0.25) is 10.1 Å². The van der Waals surface area contributed by atoms with Gasteiger partial charge in [-0.05, 0) is 24.3 Å². The van der Waals surface area contributed by atoms with Gasteiger partial charge in [0.1, 0.15) is 10.7 Å². The molecule has 1 N–H and O–H groups in total. The van der Waals surface area contributed by atoms with Crippen molar-refractivity contribution in [2.45, 2.75) is 4.90 Å². The summed E-state index contributed by atoms with van der Waals surface area (Å²) in [5.74, 6) is -2.62. The van der Waals surface area contributed by atoms with Gasteiger partial charge in [-0.2, -0.15) is 4.31 Å². The van der Waals surface area contributed by atoms with E-state index in [1.54, 1.807) is 23.6 Å². The Morgan fingerprint density at radius 3 is 2.69 bits per heavy atom. The summed E-state index contributed by atoms with van der Waals surface area (Å²) < 4.78 is 51.1. The standard InChI is InChI=1S/C22H19ClFN3O6S2/c23-16-4-2-1-3-15(16)18-13-34-22(25-18)26-20(28)12-33-21(29)14-5-6-17(24)19(11-14)35(30,31)27-7-9-32-10-8-27/h1-6,11,13H,7-10,12H2,(H,25,26,28). The number of benzene rings is 2. The van der Waals surface area contributed by atoms with Crippen molar-refractivity contribution in [3.05, 3.63) is 64.2 Å². The Bertz CT molecular complexity index is 1360. The Morgan fingerprint density at radius 2 is 1.94 bits per heavy atom. The number of halogens is 2. The van der Waals surface area contributed by atoms with E-state index in [2.05, 4.69) is 10.3 Å². The minimum absolute atomic E-state index is 0.0750. The molecule has 35 heavy (non-hydrogen) atoms. The summed E-state index contributed by atoms with van der Waals surface area (Å²) in [6.45, 7) is -0.118. The van der Waals surface area contributed by atoms with Crippen LogP contribution in [0.4, 0.5) is 9.52 Å². The normalized spacial score (nSPS) is 14.5. The molecule has 3 aromatic rings. The van der Waals surface area contributed by atoms with Crippen molar-refractivity contribution < 1.29 is 31.9 Å². The fourth-order valence-electron chi connectivity index (χ4n) is 3.25. The zero-order chi connectivity index (χ0) is 25.0. The lowest BCUT2D eigenvalue weighted by Gasteiger charge is -2.26. The molecular weight excluding hydrogens is 521 g/mol. The van der Waals surface area contributed by atoms with Crippen LogP contribution in [-0.4, -0.2) is 62.5 Å². The molecule has 13 heteroatoms. The van der Waals surface area contributed by atoms with Crippen LogP contribution in [-0.2, 0) is 24.3 Å². The molecule has 0 spiro atoms. The first-order chi connectivity index (χ1) is 16.8. The molecule has 1 aliphatic rings. The van der Waals surface area contributed by atoms with E-state index < -0.39 is 39.2 Å². The van der Waals surface area contributed by atoms with E-state index in [1.807, 2.05) is 6.07 Å². The Labute approximate surface area is 209 Å². The van der Waals surface area contributed by atoms with E-state index in [9.17, 15) is 22.4 Å². The number of nitrogens with one attached hydrogen (secondary N) is 1. The molecule has 0 bridgehead atoms. The Balaban J connectivity index is 1.38. The largest absolute Gasteiger partial charge is 0.452 e. The van der Waals surface area contributed by atoms with Gasteiger partial charge < -0.3 is 9.47 Å². The third-order valence-electron chi connectivity index (χ3n) is 4.99. The molecule has 9 nitrogen and oxygen atoms in total. The maximum atomic E-state index is 14.3. The molecule has 4 rings (SSSR count). The van der Waals surface area contributed by atoms with Crippen LogP contribution in [0, 0.1) is 5.82 Å². The van der Waals surface area contributed by atoms with Crippen LogP contribution in [0.25, 0.3) is 11.3 Å². The van der Waals surface area contributed by atoms with E-state index in [-0.39, 0.29) is 37.0 Å². The number of nitrogens with zero attached hydrogens (tertiary/aromatic N) is 2. The van der Waals surface area contributed by atoms with Crippen LogP contribution in [0.2, 0.25) is 5.02 Å². The van der Waals surface area contributed by atoms with E-state index in [0.717, 1.165) is 22.5 Å². The van der Waals surface area contributed by atoms with Gasteiger partial charge in [-0.25, -0.2) is 22.6 Å². The third kappa shape index (κ3) is 5.85. The van der Waals surface area contributed by atoms with Crippen LogP contribution < -0.4 is 5.32 Å². The number of esters is 1. The molecule has 0 unspecified atom stereocenters. The Morgan fingerprint density at radius 1 is 1.20 bits per heavy atom. The number of thiazole rings is 1. The number of rotatable bonds is 7. The van der Waals surface area contributed by atoms with E-state index in [1.165, 1.54) is 11.3 Å². The number of morpholine rings is 1. The average molecular weight is 540 g/mol. The van der Waals surface area contributed by atoms with Crippen molar-refractivity contribution in [1.82, 2.24) is 9.29 Å². The number of aromatic nitrogens is 1. The van der Waals surface area contributed by atoms with Crippen molar-refractivity contribution in [3.63, 3.8) is 0 Å². The summed E-state index contributed by atoms with van der Waals surface area (Å²) in [4.78, 5) is 28.3. The highest BCUT2D eigenvalue weighted by atomic mass is 35.5. The first kappa shape index (κ1) is 25.2. The number of sulfonamides is 1. The fourth-order valence-corrected chi connectivity index (χ4v) is 5.71. The fraction of sp³-hybridized carbons (Fsp3) is 0.227. The molecule has 2 aromatic carbocycles. The summed E-state index contributed by atoms with van der Waals surface area (Å²) in [5, 5.41) is 5.03. The maximum Gasteiger partial charge on any atom is 0.338 e. The van der Waals surface area contributed by atoms with Gasteiger partial charge in [-0.15, -0.1) is 11.3 Å². The van der Waals surface area contributed by atoms with Gasteiger partial charge in [0.25, 0.3) is 5.91 Å². The van der Waals surface area contributed by atoms with Crippen LogP contribution >= 0.6 is 22.9 Å². The second-order valence-electron chi connectivity index (χ2n) is 7.30. The van der Waals surface area contributed by atoms with Gasteiger partial charge in [0, 0.05) is 29.1 Å². The number of ether oxygens (including phenoxy) is 2. The molecule has 1 aliphatic heterocycles. The molecule has 184 valence electrons. The highest BCUT2D eigenvalue weighted by Crippen LogP contribution is 2.30. The molecule has 0 saturated carbocycles. The summed E-state index contributed by atoms with van der Waals surface area (Å²) >= 11 is 7.33. The van der Waals surface area contributed by atoms with E-state index in [0.29, 0.717) is 16.3 Å². The summed E-state index contributed by atoms with van der Waals surface area (Å²) in [6, 6.07) is 9.97. The quantitative estimate of drug-likeness (QED) is 0.457. The van der Waals surface area contributed by atoms with Gasteiger partial charge in [0.2, 0.25) is 10.0 Å². The number of hydrogen-bond donors (Lipinski definition) is 1. The number of anilines is 1. The minimum Gasteiger partial charge on any atom is -0.452 e. The molecule has 0 aliphatic carbocycles. The second kappa shape index (κ2) is 10.8. The van der Waals surface area contributed by atoms with Crippen molar-refractivity contribution in [1.29, 1.82) is 0 Å². The topological polar surface area (TPSA) is 115 Å². The summed E-state index contributed by atoms with van der Waals surface area (Å²) in [7, 11) is -4.17. The van der Waals surface area contributed by atoms with Gasteiger partial charge in [0.15, 0.2) is 11.7 Å². The molecule has 1 amide bonds. The zero-order valence-corrected chi connectivity index (χ0v) is 20.5. The van der Waals surface area contributed by atoms with Gasteiger partial charge in [-0.1, -0.05) is 29.8 Å². The summed E-state index contributed by atoms with van der Waals surface area (Å²) in [6.07, 6.45) is 0. The second-order valence-corrected chi connectivity index (χ2v) is 10.5. The van der Waals surface area contributed by atoms with Crippen LogP contribution in [0.3, 0.4) is 0 Å². The number of amides is 1. The number of hydrogen-bond acceptors (Lipinski definition) is 8. The van der Waals surface area contributed by atoms with Crippen molar-refractivity contribution in [2.24, 2.45) is 0 Å². The highest BCUT2D eigenvalue weighted by molar-refractivity contribution is 7.89. The molecule has 1 aromatic heterocycles. The average Bonchev–Trinajstić information content (AvgIpc) is 3.31. The number of carbonyl (C=O) groups is 2. The predicted molar refractivity (Wildman–Crippen MR) is 127 cm³/mol. The van der Waals surface area contributed by atoms with E-state index >= 15 is 0 Å². The Kier molecular flexibility index (Phi) is 7.77. The SMILES string of the molecule is O=C(COC(=O)c1ccc(F)c(S(=O)(=O)N2CCOCC2)c1)Nc1nc(-c2ccccc2Cl)cs1. The van der Waals surface area contributed by atoms with Crippen molar-refractivity contribution in [2.75, 3.05) is 38.2 Å². The monoisotopic (exact) mass is 539 g/mol. The van der Waals surface area contributed by atoms with Gasteiger partial charge in [0.05, 0.1) is 24.5 Å². The minimum atomic E-state index is -4.17. The maximum absolute atomic E-state index is 14.3. The first-order valence-corrected chi connectivity index (χ1v) is 13.0. The van der Waals surface area contributed by atoms with Crippen LogP contribution in [0.1, 0.15) is 10.4 Å². The first-order valence-electron chi connectivity index (χ1n) is 10.3. The molecule has 2 heterocycles. The van der Waals surface area contributed by atoms with Crippen LogP contribution in [0.15, 0.2) is 52.7 Å². The third-order valence-corrected chi connectivity index (χ3v) is 7.99. The molecule has 0 atom stereocenters. The zero-order valence-electron chi connectivity index (χ0n) is 18.1. The van der Waals surface area contributed by atoms with Gasteiger partial charge >= 0.3 is 5.97 Å². The lowest BCUT2D eigenvalue weighted by atomic mass is 10.2. The molecule has 1 saturated heterocycles. The molecule has 0 radical (unpaired) electrons. The Hall–Kier alpha value is -2.90. The van der Waals surface area contributed by atoms with E-state index in [4.69, 9.17) is 21.1 Å². The lowest BCUT2D eigenvalue weighted by molar-refractivity contribution is -0.119. The summed E-state index contributed by atoms with van der Waals surface area (Å²) in [5.41, 5.74) is 1.07. The highest BCUT2D eigenvalue weighted by Gasteiger charge is 2.30. The van der Waals surface area contributed by atoms with Crippen molar-refractivity contribution >= 4 is 50.0 Å².